The molecular weight excluding hydrogens is 317 g/mol. The lowest BCUT2D eigenvalue weighted by Gasteiger charge is -2.08. The van der Waals surface area contributed by atoms with Gasteiger partial charge >= 0.3 is 5.97 Å². The summed E-state index contributed by atoms with van der Waals surface area (Å²) in [7, 11) is 0. The maximum absolute atomic E-state index is 10.8. The zero-order valence-electron chi connectivity index (χ0n) is 8.82. The van der Waals surface area contributed by atoms with Crippen molar-refractivity contribution in [2.75, 3.05) is 6.54 Å². The summed E-state index contributed by atoms with van der Waals surface area (Å²) in [6.45, 7) is 0.808. The fourth-order valence-corrected chi connectivity index (χ4v) is 2.47. The van der Waals surface area contributed by atoms with Crippen LogP contribution in [0.3, 0.4) is 0 Å². The molecule has 3 nitrogen and oxygen atoms in total. The molecule has 0 amide bonds. The molecule has 16 heavy (non-hydrogen) atoms. The number of benzene rings is 1. The second-order valence-electron chi connectivity index (χ2n) is 4.23. The Morgan fingerprint density at radius 1 is 1.44 bits per heavy atom. The highest BCUT2D eigenvalue weighted by molar-refractivity contribution is 14.1. The predicted octanol–water partition coefficient (Wildman–Crippen LogP) is 1.90. The van der Waals surface area contributed by atoms with E-state index in [1.165, 1.54) is 9.13 Å². The van der Waals surface area contributed by atoms with Crippen molar-refractivity contribution in [3.63, 3.8) is 0 Å². The number of carboxylic acids is 1. The van der Waals surface area contributed by atoms with Gasteiger partial charge in [-0.25, -0.2) is 0 Å². The molecular formula is C12H14INO2. The lowest BCUT2D eigenvalue weighted by Crippen LogP contribution is -2.29. The van der Waals surface area contributed by atoms with Gasteiger partial charge in [0.1, 0.15) is 6.04 Å². The molecule has 2 N–H and O–H groups in total. The van der Waals surface area contributed by atoms with E-state index in [0.717, 1.165) is 19.4 Å². The second-order valence-corrected chi connectivity index (χ2v) is 5.48. The Morgan fingerprint density at radius 2 is 2.12 bits per heavy atom. The van der Waals surface area contributed by atoms with E-state index in [1.807, 2.05) is 0 Å². The highest BCUT2D eigenvalue weighted by atomic mass is 127. The van der Waals surface area contributed by atoms with Gasteiger partial charge in [-0.2, -0.15) is 0 Å². The molecule has 1 unspecified atom stereocenters. The standard InChI is InChI=1S/C12H14INO2/c13-10-3-1-8(2-4-10)5-9-6-11(12(15)16)14-7-9/h1-4,9,11,14H,5-7H2,(H,15,16)/t9?,11-/m0/s1. The van der Waals surface area contributed by atoms with Gasteiger partial charge in [-0.05, 0) is 65.6 Å². The molecule has 86 valence electrons. The summed E-state index contributed by atoms with van der Waals surface area (Å²) in [6.07, 6.45) is 1.70. The van der Waals surface area contributed by atoms with E-state index in [1.54, 1.807) is 0 Å². The Morgan fingerprint density at radius 3 is 2.69 bits per heavy atom. The van der Waals surface area contributed by atoms with Crippen LogP contribution in [-0.4, -0.2) is 23.7 Å². The molecule has 1 aromatic rings. The van der Waals surface area contributed by atoms with Gasteiger partial charge in [0, 0.05) is 3.57 Å². The van der Waals surface area contributed by atoms with E-state index in [-0.39, 0.29) is 6.04 Å². The number of nitrogens with one attached hydrogen (secondary N) is 1. The van der Waals surface area contributed by atoms with Gasteiger partial charge in [0.05, 0.1) is 0 Å². The first kappa shape index (κ1) is 11.9. The van der Waals surface area contributed by atoms with Crippen LogP contribution in [0.25, 0.3) is 0 Å². The Balaban J connectivity index is 1.92. The summed E-state index contributed by atoms with van der Waals surface area (Å²) >= 11 is 2.28. The monoisotopic (exact) mass is 331 g/mol. The van der Waals surface area contributed by atoms with Crippen LogP contribution >= 0.6 is 22.6 Å². The lowest BCUT2D eigenvalue weighted by molar-refractivity contribution is -0.139. The van der Waals surface area contributed by atoms with Crippen molar-refractivity contribution in [2.45, 2.75) is 18.9 Å². The van der Waals surface area contributed by atoms with E-state index >= 15 is 0 Å². The first-order valence-corrected chi connectivity index (χ1v) is 6.43. The van der Waals surface area contributed by atoms with Crippen LogP contribution in [0.15, 0.2) is 24.3 Å². The minimum Gasteiger partial charge on any atom is -0.480 e. The number of halogens is 1. The molecule has 4 heteroatoms. The van der Waals surface area contributed by atoms with Crippen molar-refractivity contribution in [2.24, 2.45) is 5.92 Å². The SMILES string of the molecule is O=C(O)[C@@H]1CC(Cc2ccc(I)cc2)CN1. The van der Waals surface area contributed by atoms with E-state index in [9.17, 15) is 4.79 Å². The molecule has 0 aliphatic carbocycles. The van der Waals surface area contributed by atoms with Crippen molar-refractivity contribution in [1.29, 1.82) is 0 Å². The Kier molecular flexibility index (Phi) is 3.81. The van der Waals surface area contributed by atoms with E-state index in [0.29, 0.717) is 5.92 Å². The number of carbonyl (C=O) groups is 1. The fraction of sp³-hybridized carbons (Fsp3) is 0.417. The molecule has 2 atom stereocenters. The average molecular weight is 331 g/mol. The minimum absolute atomic E-state index is 0.353. The predicted molar refractivity (Wildman–Crippen MR) is 70.4 cm³/mol. The van der Waals surface area contributed by atoms with Crippen LogP contribution in [0, 0.1) is 9.49 Å². The summed E-state index contributed by atoms with van der Waals surface area (Å²) < 4.78 is 1.23. The van der Waals surface area contributed by atoms with E-state index in [2.05, 4.69) is 52.2 Å². The van der Waals surface area contributed by atoms with Crippen molar-refractivity contribution in [3.8, 4) is 0 Å². The zero-order chi connectivity index (χ0) is 11.5. The first-order valence-electron chi connectivity index (χ1n) is 5.36. The van der Waals surface area contributed by atoms with Gasteiger partial charge < -0.3 is 10.4 Å². The summed E-state index contributed by atoms with van der Waals surface area (Å²) in [6, 6.07) is 8.07. The first-order chi connectivity index (χ1) is 7.65. The molecule has 1 aliphatic heterocycles. The molecule has 1 aromatic carbocycles. The molecule has 0 spiro atoms. The number of hydrogen-bond donors (Lipinski definition) is 2. The molecule has 1 fully saturated rings. The summed E-state index contributed by atoms with van der Waals surface area (Å²) in [5.74, 6) is -0.286. The average Bonchev–Trinajstić information content (AvgIpc) is 2.70. The van der Waals surface area contributed by atoms with Crippen molar-refractivity contribution in [1.82, 2.24) is 5.32 Å². The number of hydrogen-bond acceptors (Lipinski definition) is 2. The molecule has 0 radical (unpaired) electrons. The van der Waals surface area contributed by atoms with Gasteiger partial charge in [0.2, 0.25) is 0 Å². The summed E-state index contributed by atoms with van der Waals surface area (Å²) in [5.41, 5.74) is 1.29. The van der Waals surface area contributed by atoms with Crippen LogP contribution in [0.2, 0.25) is 0 Å². The number of aliphatic carboxylic acids is 1. The van der Waals surface area contributed by atoms with Gasteiger partial charge in [-0.3, -0.25) is 4.79 Å². The molecule has 0 aromatic heterocycles. The number of carboxylic acid groups (broad SMARTS) is 1. The highest BCUT2D eigenvalue weighted by Crippen LogP contribution is 2.19. The van der Waals surface area contributed by atoms with Crippen molar-refractivity contribution < 1.29 is 9.90 Å². The zero-order valence-corrected chi connectivity index (χ0v) is 11.0. The Bertz CT molecular complexity index is 377. The second kappa shape index (κ2) is 5.14. The van der Waals surface area contributed by atoms with Crippen LogP contribution in [0.4, 0.5) is 0 Å². The van der Waals surface area contributed by atoms with Crippen molar-refractivity contribution >= 4 is 28.6 Å². The topological polar surface area (TPSA) is 49.3 Å². The Labute approximate surface area is 108 Å². The molecule has 1 saturated heterocycles. The summed E-state index contributed by atoms with van der Waals surface area (Å²) in [5, 5.41) is 11.9. The van der Waals surface area contributed by atoms with Gasteiger partial charge in [0.25, 0.3) is 0 Å². The fourth-order valence-electron chi connectivity index (χ4n) is 2.11. The smallest absolute Gasteiger partial charge is 0.320 e. The molecule has 1 heterocycles. The van der Waals surface area contributed by atoms with Crippen LogP contribution in [0.5, 0.6) is 0 Å². The normalized spacial score (nSPS) is 24.6. The van der Waals surface area contributed by atoms with Gasteiger partial charge in [-0.1, -0.05) is 12.1 Å². The Hall–Kier alpha value is -0.620. The molecule has 0 bridgehead atoms. The van der Waals surface area contributed by atoms with Crippen molar-refractivity contribution in [3.05, 3.63) is 33.4 Å². The van der Waals surface area contributed by atoms with Gasteiger partial charge in [0.15, 0.2) is 0 Å². The quantitative estimate of drug-likeness (QED) is 0.832. The molecule has 2 rings (SSSR count). The third-order valence-corrected chi connectivity index (χ3v) is 3.68. The van der Waals surface area contributed by atoms with E-state index < -0.39 is 5.97 Å². The molecule has 1 aliphatic rings. The highest BCUT2D eigenvalue weighted by Gasteiger charge is 2.28. The third kappa shape index (κ3) is 2.95. The minimum atomic E-state index is -0.731. The van der Waals surface area contributed by atoms with Gasteiger partial charge in [-0.15, -0.1) is 0 Å². The van der Waals surface area contributed by atoms with Crippen LogP contribution < -0.4 is 5.32 Å². The summed E-state index contributed by atoms with van der Waals surface area (Å²) in [4.78, 5) is 10.8. The van der Waals surface area contributed by atoms with Crippen LogP contribution in [0.1, 0.15) is 12.0 Å². The largest absolute Gasteiger partial charge is 0.480 e. The third-order valence-electron chi connectivity index (χ3n) is 2.96. The molecule has 0 saturated carbocycles. The number of rotatable bonds is 3. The maximum atomic E-state index is 10.8. The van der Waals surface area contributed by atoms with Crippen LogP contribution in [-0.2, 0) is 11.2 Å². The maximum Gasteiger partial charge on any atom is 0.320 e. The lowest BCUT2D eigenvalue weighted by atomic mass is 9.97. The van der Waals surface area contributed by atoms with E-state index in [4.69, 9.17) is 5.11 Å².